The average molecular weight is 176 g/mol. The Bertz CT molecular complexity index is 302. The second-order valence-corrected chi connectivity index (χ2v) is 3.59. The molecule has 1 aromatic rings. The zero-order valence-corrected chi connectivity index (χ0v) is 8.25. The fourth-order valence-electron chi connectivity index (χ4n) is 1.33. The van der Waals surface area contributed by atoms with Gasteiger partial charge in [0.2, 0.25) is 0 Å². The lowest BCUT2D eigenvalue weighted by atomic mass is 10.0. The molecule has 0 fully saturated rings. The molecule has 0 aromatic heterocycles. The van der Waals surface area contributed by atoms with E-state index in [9.17, 15) is 5.11 Å². The molecule has 1 nitrogen and oxygen atoms in total. The minimum Gasteiger partial charge on any atom is -0.388 e. The largest absolute Gasteiger partial charge is 0.388 e. The Kier molecular flexibility index (Phi) is 3.26. The Morgan fingerprint density at radius 1 is 1.54 bits per heavy atom. The van der Waals surface area contributed by atoms with Gasteiger partial charge < -0.3 is 5.11 Å². The van der Waals surface area contributed by atoms with Crippen LogP contribution in [0.4, 0.5) is 0 Å². The molecule has 0 aliphatic rings. The van der Waals surface area contributed by atoms with E-state index in [1.807, 2.05) is 38.1 Å². The van der Waals surface area contributed by atoms with Gasteiger partial charge in [0.15, 0.2) is 0 Å². The van der Waals surface area contributed by atoms with Gasteiger partial charge in [-0.3, -0.25) is 0 Å². The van der Waals surface area contributed by atoms with Crippen molar-refractivity contribution in [3.63, 3.8) is 0 Å². The highest BCUT2D eigenvalue weighted by Crippen LogP contribution is 2.20. The number of hydrogen-bond donors (Lipinski definition) is 1. The summed E-state index contributed by atoms with van der Waals surface area (Å²) in [6.07, 6.45) is 0.237. The molecule has 0 aliphatic heterocycles. The second kappa shape index (κ2) is 4.24. The predicted molar refractivity (Wildman–Crippen MR) is 55.6 cm³/mol. The fourth-order valence-corrected chi connectivity index (χ4v) is 1.33. The molecular formula is C12H16O. The van der Waals surface area contributed by atoms with Crippen molar-refractivity contribution in [2.45, 2.75) is 26.4 Å². The van der Waals surface area contributed by atoms with Crippen LogP contribution in [0.1, 0.15) is 30.6 Å². The third kappa shape index (κ3) is 3.03. The normalized spacial score (nSPS) is 12.5. The molecule has 70 valence electrons. The van der Waals surface area contributed by atoms with E-state index in [1.165, 1.54) is 5.56 Å². The van der Waals surface area contributed by atoms with E-state index in [1.54, 1.807) is 0 Å². The second-order valence-electron chi connectivity index (χ2n) is 3.59. The van der Waals surface area contributed by atoms with E-state index in [-0.39, 0.29) is 0 Å². The Morgan fingerprint density at radius 3 is 2.77 bits per heavy atom. The SMILES string of the molecule is C=C(C)C[C@@H](O)c1cccc(C)c1. The third-order valence-corrected chi connectivity index (χ3v) is 1.97. The zero-order valence-electron chi connectivity index (χ0n) is 8.25. The van der Waals surface area contributed by atoms with E-state index >= 15 is 0 Å². The summed E-state index contributed by atoms with van der Waals surface area (Å²) >= 11 is 0. The molecule has 0 unspecified atom stereocenters. The number of aliphatic hydroxyl groups is 1. The summed E-state index contributed by atoms with van der Waals surface area (Å²) in [6.45, 7) is 7.74. The Hall–Kier alpha value is -1.08. The van der Waals surface area contributed by atoms with E-state index < -0.39 is 6.10 Å². The van der Waals surface area contributed by atoms with E-state index in [2.05, 4.69) is 6.58 Å². The summed E-state index contributed by atoms with van der Waals surface area (Å²) in [7, 11) is 0. The fraction of sp³-hybridized carbons (Fsp3) is 0.333. The first-order valence-electron chi connectivity index (χ1n) is 4.48. The molecule has 1 heteroatoms. The maximum atomic E-state index is 9.75. The van der Waals surface area contributed by atoms with Gasteiger partial charge in [-0.15, -0.1) is 6.58 Å². The summed E-state index contributed by atoms with van der Waals surface area (Å²) in [5.41, 5.74) is 3.16. The van der Waals surface area contributed by atoms with Crippen molar-refractivity contribution in [2.75, 3.05) is 0 Å². The first kappa shape index (κ1) is 10.0. The molecule has 0 spiro atoms. The highest BCUT2D eigenvalue weighted by molar-refractivity contribution is 5.24. The van der Waals surface area contributed by atoms with Crippen molar-refractivity contribution in [3.8, 4) is 0 Å². The number of aliphatic hydroxyl groups excluding tert-OH is 1. The highest BCUT2D eigenvalue weighted by atomic mass is 16.3. The molecule has 0 amide bonds. The number of hydrogen-bond acceptors (Lipinski definition) is 1. The van der Waals surface area contributed by atoms with Gasteiger partial charge in [0.25, 0.3) is 0 Å². The van der Waals surface area contributed by atoms with E-state index in [0.29, 0.717) is 6.42 Å². The summed E-state index contributed by atoms with van der Waals surface area (Å²) in [5, 5.41) is 9.75. The molecule has 0 saturated heterocycles. The summed E-state index contributed by atoms with van der Waals surface area (Å²) in [5.74, 6) is 0. The molecule has 0 heterocycles. The van der Waals surface area contributed by atoms with Crippen LogP contribution >= 0.6 is 0 Å². The maximum Gasteiger partial charge on any atom is 0.0827 e. The maximum absolute atomic E-state index is 9.75. The topological polar surface area (TPSA) is 20.2 Å². The molecule has 0 bridgehead atoms. The van der Waals surface area contributed by atoms with Crippen molar-refractivity contribution in [2.24, 2.45) is 0 Å². The van der Waals surface area contributed by atoms with Crippen LogP contribution in [0.25, 0.3) is 0 Å². The van der Waals surface area contributed by atoms with Gasteiger partial charge in [0.05, 0.1) is 6.10 Å². The van der Waals surface area contributed by atoms with Crippen molar-refractivity contribution >= 4 is 0 Å². The quantitative estimate of drug-likeness (QED) is 0.702. The summed E-state index contributed by atoms with van der Waals surface area (Å²) in [6, 6.07) is 7.94. The highest BCUT2D eigenvalue weighted by Gasteiger charge is 2.06. The van der Waals surface area contributed by atoms with Crippen LogP contribution in [-0.4, -0.2) is 5.11 Å². The van der Waals surface area contributed by atoms with E-state index in [4.69, 9.17) is 0 Å². The van der Waals surface area contributed by atoms with Crippen LogP contribution in [0.5, 0.6) is 0 Å². The molecular weight excluding hydrogens is 160 g/mol. The molecule has 0 aliphatic carbocycles. The first-order valence-corrected chi connectivity index (χ1v) is 4.48. The third-order valence-electron chi connectivity index (χ3n) is 1.97. The molecule has 1 aromatic carbocycles. The zero-order chi connectivity index (χ0) is 9.84. The molecule has 13 heavy (non-hydrogen) atoms. The lowest BCUT2D eigenvalue weighted by molar-refractivity contribution is 0.178. The van der Waals surface area contributed by atoms with Crippen molar-refractivity contribution in [3.05, 3.63) is 47.5 Å². The van der Waals surface area contributed by atoms with Crippen LogP contribution in [0.2, 0.25) is 0 Å². The minimum absolute atomic E-state index is 0.405. The van der Waals surface area contributed by atoms with Crippen LogP contribution in [-0.2, 0) is 0 Å². The van der Waals surface area contributed by atoms with Gasteiger partial charge in [-0.25, -0.2) is 0 Å². The number of benzene rings is 1. The standard InChI is InChI=1S/C12H16O/c1-9(2)7-12(13)11-6-4-5-10(3)8-11/h4-6,8,12-13H,1,7H2,2-3H3/t12-/m1/s1. The average Bonchev–Trinajstić information content (AvgIpc) is 2.03. The van der Waals surface area contributed by atoms with Gasteiger partial charge in [-0.1, -0.05) is 35.4 Å². The van der Waals surface area contributed by atoms with Crippen molar-refractivity contribution < 1.29 is 5.11 Å². The lowest BCUT2D eigenvalue weighted by Crippen LogP contribution is -1.97. The predicted octanol–water partition coefficient (Wildman–Crippen LogP) is 2.99. The number of rotatable bonds is 3. The summed E-state index contributed by atoms with van der Waals surface area (Å²) in [4.78, 5) is 0. The molecule has 0 saturated carbocycles. The smallest absolute Gasteiger partial charge is 0.0827 e. The van der Waals surface area contributed by atoms with Crippen LogP contribution in [0, 0.1) is 6.92 Å². The molecule has 0 radical (unpaired) electrons. The van der Waals surface area contributed by atoms with Crippen LogP contribution in [0.3, 0.4) is 0 Å². The minimum atomic E-state index is -0.405. The van der Waals surface area contributed by atoms with Crippen LogP contribution in [0.15, 0.2) is 36.4 Å². The lowest BCUT2D eigenvalue weighted by Gasteiger charge is -2.10. The van der Waals surface area contributed by atoms with Gasteiger partial charge in [-0.05, 0) is 25.8 Å². The first-order chi connectivity index (χ1) is 6.09. The van der Waals surface area contributed by atoms with Crippen molar-refractivity contribution in [1.82, 2.24) is 0 Å². The number of aryl methyl sites for hydroxylation is 1. The van der Waals surface area contributed by atoms with Gasteiger partial charge in [0, 0.05) is 0 Å². The monoisotopic (exact) mass is 176 g/mol. The van der Waals surface area contributed by atoms with Crippen LogP contribution < -0.4 is 0 Å². The Labute approximate surface area is 79.7 Å². The van der Waals surface area contributed by atoms with Gasteiger partial charge in [0.1, 0.15) is 0 Å². The Balaban J connectivity index is 2.76. The molecule has 1 rings (SSSR count). The van der Waals surface area contributed by atoms with Gasteiger partial charge >= 0.3 is 0 Å². The van der Waals surface area contributed by atoms with Crippen molar-refractivity contribution in [1.29, 1.82) is 0 Å². The van der Waals surface area contributed by atoms with E-state index in [0.717, 1.165) is 11.1 Å². The summed E-state index contributed by atoms with van der Waals surface area (Å²) < 4.78 is 0. The Morgan fingerprint density at radius 2 is 2.23 bits per heavy atom. The molecule has 1 N–H and O–H groups in total. The van der Waals surface area contributed by atoms with Gasteiger partial charge in [-0.2, -0.15) is 0 Å². The molecule has 1 atom stereocenters.